The Morgan fingerprint density at radius 2 is 2.00 bits per heavy atom. The van der Waals surface area contributed by atoms with Gasteiger partial charge >= 0.3 is 0 Å². The Morgan fingerprint density at radius 3 is 2.53 bits per heavy atom. The summed E-state index contributed by atoms with van der Waals surface area (Å²) in [6.45, 7) is 8.05. The summed E-state index contributed by atoms with van der Waals surface area (Å²) >= 11 is 2.83. The fraction of sp³-hybridized carbons (Fsp3) is 0.455. The van der Waals surface area contributed by atoms with Gasteiger partial charge < -0.3 is 5.43 Å². The SMILES string of the molecule is Cc1nsc(Sc2cc(NN)nc(C(C)(C)C)n2)n1. The zero-order valence-electron chi connectivity index (χ0n) is 11.3. The fourth-order valence-electron chi connectivity index (χ4n) is 1.30. The Balaban J connectivity index is 2.34. The van der Waals surface area contributed by atoms with Gasteiger partial charge in [-0.3, -0.25) is 0 Å². The number of hydrogen-bond donors (Lipinski definition) is 2. The highest BCUT2D eigenvalue weighted by molar-refractivity contribution is 8.00. The number of nitrogen functional groups attached to an aromatic ring is 1. The normalized spacial score (nSPS) is 11.6. The number of aromatic nitrogens is 4. The fourth-order valence-corrected chi connectivity index (χ4v) is 2.90. The van der Waals surface area contributed by atoms with Gasteiger partial charge in [0.2, 0.25) is 0 Å². The first-order valence-electron chi connectivity index (χ1n) is 5.73. The van der Waals surface area contributed by atoms with Gasteiger partial charge in [-0.1, -0.05) is 20.8 Å². The summed E-state index contributed by atoms with van der Waals surface area (Å²) < 4.78 is 5.01. The van der Waals surface area contributed by atoms with Crippen molar-refractivity contribution in [2.24, 2.45) is 5.84 Å². The molecule has 0 unspecified atom stereocenters. The van der Waals surface area contributed by atoms with E-state index in [1.165, 1.54) is 23.3 Å². The minimum Gasteiger partial charge on any atom is -0.308 e. The number of aryl methyl sites for hydroxylation is 1. The second-order valence-corrected chi connectivity index (χ2v) is 7.04. The molecule has 19 heavy (non-hydrogen) atoms. The van der Waals surface area contributed by atoms with Gasteiger partial charge in [0.1, 0.15) is 22.5 Å². The Bertz CT molecular complexity index is 575. The van der Waals surface area contributed by atoms with Crippen LogP contribution >= 0.6 is 23.3 Å². The molecule has 0 radical (unpaired) electrons. The highest BCUT2D eigenvalue weighted by Gasteiger charge is 2.19. The Labute approximate surface area is 120 Å². The highest BCUT2D eigenvalue weighted by Crippen LogP contribution is 2.30. The molecule has 6 nitrogen and oxygen atoms in total. The van der Waals surface area contributed by atoms with E-state index in [0.717, 1.165) is 21.0 Å². The molecule has 2 rings (SSSR count). The van der Waals surface area contributed by atoms with E-state index in [-0.39, 0.29) is 5.41 Å². The minimum atomic E-state index is -0.140. The molecule has 0 bridgehead atoms. The standard InChI is InChI=1S/C11H16N6S2/c1-6-13-10(19-17-6)18-8-5-7(16-12)14-9(15-8)11(2,3)4/h5H,12H2,1-4H3,(H,14,15,16). The molecule has 2 heterocycles. The second kappa shape index (κ2) is 5.40. The van der Waals surface area contributed by atoms with Crippen molar-refractivity contribution in [3.05, 3.63) is 17.7 Å². The lowest BCUT2D eigenvalue weighted by molar-refractivity contribution is 0.539. The van der Waals surface area contributed by atoms with E-state index in [2.05, 4.69) is 45.5 Å². The molecule has 2 aromatic heterocycles. The van der Waals surface area contributed by atoms with Crippen molar-refractivity contribution < 1.29 is 0 Å². The second-order valence-electron chi connectivity index (χ2n) is 5.02. The summed E-state index contributed by atoms with van der Waals surface area (Å²) in [7, 11) is 0. The predicted molar refractivity (Wildman–Crippen MR) is 77.3 cm³/mol. The van der Waals surface area contributed by atoms with Gasteiger partial charge in [-0.15, -0.1) is 0 Å². The van der Waals surface area contributed by atoms with Crippen LogP contribution in [0.3, 0.4) is 0 Å². The van der Waals surface area contributed by atoms with E-state index in [9.17, 15) is 0 Å². The molecule has 0 aliphatic heterocycles. The maximum absolute atomic E-state index is 5.45. The van der Waals surface area contributed by atoms with Gasteiger partial charge in [-0.05, 0) is 30.2 Å². The summed E-state index contributed by atoms with van der Waals surface area (Å²) in [5.41, 5.74) is 2.43. The molecule has 0 aliphatic carbocycles. The third-order valence-electron chi connectivity index (χ3n) is 2.22. The van der Waals surface area contributed by atoms with Crippen LogP contribution in [0.15, 0.2) is 15.4 Å². The van der Waals surface area contributed by atoms with Crippen LogP contribution in [0.1, 0.15) is 32.4 Å². The molecule has 2 aromatic rings. The van der Waals surface area contributed by atoms with Gasteiger partial charge in [0, 0.05) is 11.5 Å². The molecule has 0 saturated carbocycles. The van der Waals surface area contributed by atoms with Crippen LogP contribution < -0.4 is 11.3 Å². The summed E-state index contributed by atoms with van der Waals surface area (Å²) in [5.74, 6) is 7.57. The van der Waals surface area contributed by atoms with E-state index < -0.39 is 0 Å². The van der Waals surface area contributed by atoms with Crippen LogP contribution in [0, 0.1) is 6.92 Å². The lowest BCUT2D eigenvalue weighted by atomic mass is 9.96. The van der Waals surface area contributed by atoms with Crippen molar-refractivity contribution in [2.75, 3.05) is 5.43 Å². The molecule has 102 valence electrons. The van der Waals surface area contributed by atoms with Crippen molar-refractivity contribution in [1.29, 1.82) is 0 Å². The average molecular weight is 296 g/mol. The van der Waals surface area contributed by atoms with Crippen molar-refractivity contribution in [3.8, 4) is 0 Å². The van der Waals surface area contributed by atoms with Gasteiger partial charge in [0.05, 0.1) is 0 Å². The number of nitrogens with two attached hydrogens (primary N) is 1. The van der Waals surface area contributed by atoms with Gasteiger partial charge in [0.25, 0.3) is 0 Å². The molecule has 0 amide bonds. The van der Waals surface area contributed by atoms with E-state index in [0.29, 0.717) is 5.82 Å². The summed E-state index contributed by atoms with van der Waals surface area (Å²) in [6.07, 6.45) is 0. The summed E-state index contributed by atoms with van der Waals surface area (Å²) in [5, 5.41) is 0.809. The smallest absolute Gasteiger partial charge is 0.176 e. The zero-order chi connectivity index (χ0) is 14.0. The van der Waals surface area contributed by atoms with Crippen LogP contribution in [-0.4, -0.2) is 19.3 Å². The summed E-state index contributed by atoms with van der Waals surface area (Å²) in [4.78, 5) is 13.2. The quantitative estimate of drug-likeness (QED) is 0.510. The monoisotopic (exact) mass is 296 g/mol. The maximum atomic E-state index is 5.45. The van der Waals surface area contributed by atoms with Crippen LogP contribution in [0.25, 0.3) is 0 Å². The molecule has 0 aliphatic rings. The molecule has 0 fully saturated rings. The third-order valence-corrected chi connectivity index (χ3v) is 3.98. The van der Waals surface area contributed by atoms with Crippen LogP contribution in [0.5, 0.6) is 0 Å². The molecule has 3 N–H and O–H groups in total. The first-order chi connectivity index (χ1) is 8.88. The molecule has 0 aromatic carbocycles. The van der Waals surface area contributed by atoms with Crippen LogP contribution in [-0.2, 0) is 5.41 Å². The topological polar surface area (TPSA) is 89.6 Å². The van der Waals surface area contributed by atoms with Gasteiger partial charge in [0.15, 0.2) is 4.34 Å². The van der Waals surface area contributed by atoms with E-state index in [4.69, 9.17) is 5.84 Å². The van der Waals surface area contributed by atoms with Gasteiger partial charge in [-0.25, -0.2) is 20.8 Å². The molecule has 0 atom stereocenters. The number of hydrogen-bond acceptors (Lipinski definition) is 8. The average Bonchev–Trinajstić information content (AvgIpc) is 2.73. The first-order valence-corrected chi connectivity index (χ1v) is 7.32. The third kappa shape index (κ3) is 3.62. The molecular formula is C11H16N6S2. The van der Waals surface area contributed by atoms with Crippen LogP contribution in [0.2, 0.25) is 0 Å². The molecule has 0 spiro atoms. The van der Waals surface area contributed by atoms with E-state index in [1.807, 2.05) is 6.92 Å². The lowest BCUT2D eigenvalue weighted by Gasteiger charge is -2.17. The van der Waals surface area contributed by atoms with E-state index in [1.54, 1.807) is 6.07 Å². The summed E-state index contributed by atoms with van der Waals surface area (Å²) in [6, 6.07) is 1.80. The van der Waals surface area contributed by atoms with Crippen molar-refractivity contribution in [1.82, 2.24) is 19.3 Å². The first kappa shape index (κ1) is 14.2. The zero-order valence-corrected chi connectivity index (χ0v) is 12.9. The van der Waals surface area contributed by atoms with Gasteiger partial charge in [-0.2, -0.15) is 4.37 Å². The Kier molecular flexibility index (Phi) is 4.02. The highest BCUT2D eigenvalue weighted by atomic mass is 32.2. The number of nitrogens with one attached hydrogen (secondary N) is 1. The van der Waals surface area contributed by atoms with Crippen molar-refractivity contribution in [3.63, 3.8) is 0 Å². The van der Waals surface area contributed by atoms with Crippen molar-refractivity contribution >= 4 is 29.1 Å². The predicted octanol–water partition coefficient (Wildman–Crippen LogP) is 2.37. The van der Waals surface area contributed by atoms with Crippen molar-refractivity contribution in [2.45, 2.75) is 42.5 Å². The van der Waals surface area contributed by atoms with E-state index >= 15 is 0 Å². The molecule has 0 saturated heterocycles. The molecule has 8 heteroatoms. The maximum Gasteiger partial charge on any atom is 0.176 e. The number of nitrogens with zero attached hydrogens (tertiary/aromatic N) is 4. The number of anilines is 1. The van der Waals surface area contributed by atoms with Crippen LogP contribution in [0.4, 0.5) is 5.82 Å². The number of rotatable bonds is 3. The minimum absolute atomic E-state index is 0.140. The molecular weight excluding hydrogens is 280 g/mol. The number of hydrazine groups is 1. The Hall–Kier alpha value is -1.25. The lowest BCUT2D eigenvalue weighted by Crippen LogP contribution is -2.19. The Morgan fingerprint density at radius 1 is 1.26 bits per heavy atom. The largest absolute Gasteiger partial charge is 0.308 e.